The zero-order valence-electron chi connectivity index (χ0n) is 7.36. The first-order chi connectivity index (χ1) is 5.75. The van der Waals surface area contributed by atoms with Gasteiger partial charge in [0.2, 0.25) is 0 Å². The Morgan fingerprint density at radius 3 is 1.50 bits per heavy atom. The van der Waals surface area contributed by atoms with Crippen LogP contribution in [0.1, 0.15) is 13.8 Å². The first-order valence-electron chi connectivity index (χ1n) is 4.30. The molecule has 12 heavy (non-hydrogen) atoms. The molecule has 0 N–H and O–H groups in total. The van der Waals surface area contributed by atoms with Crippen LogP contribution in [0.5, 0.6) is 0 Å². The molecule has 0 aliphatic carbocycles. The monoisotopic (exact) mass is 174 g/mol. The molecular weight excluding hydrogens is 160 g/mol. The van der Waals surface area contributed by atoms with E-state index in [1.54, 1.807) is 0 Å². The van der Waals surface area contributed by atoms with Crippen molar-refractivity contribution in [1.29, 1.82) is 0 Å². The summed E-state index contributed by atoms with van der Waals surface area (Å²) in [5.41, 5.74) is 0. The van der Waals surface area contributed by atoms with E-state index in [1.165, 1.54) is 0 Å². The summed E-state index contributed by atoms with van der Waals surface area (Å²) in [6, 6.07) is 0. The van der Waals surface area contributed by atoms with E-state index in [1.807, 2.05) is 13.8 Å². The molecule has 2 heterocycles. The highest BCUT2D eigenvalue weighted by atomic mass is 16.8. The molecule has 0 amide bonds. The van der Waals surface area contributed by atoms with Crippen LogP contribution in [0.3, 0.4) is 0 Å². The predicted molar refractivity (Wildman–Crippen MR) is 40.6 cm³/mol. The summed E-state index contributed by atoms with van der Waals surface area (Å²) in [4.78, 5) is 0. The Labute approximate surface area is 71.7 Å². The minimum Gasteiger partial charge on any atom is -0.350 e. The first-order valence-corrected chi connectivity index (χ1v) is 4.30. The Morgan fingerprint density at radius 1 is 0.833 bits per heavy atom. The normalized spacial score (nSPS) is 48.5. The van der Waals surface area contributed by atoms with Crippen molar-refractivity contribution in [3.05, 3.63) is 0 Å². The van der Waals surface area contributed by atoms with Gasteiger partial charge in [-0.2, -0.15) is 0 Å². The maximum absolute atomic E-state index is 5.47. The maximum atomic E-state index is 5.47. The first kappa shape index (κ1) is 8.44. The quantitative estimate of drug-likeness (QED) is 0.580. The lowest BCUT2D eigenvalue weighted by Crippen LogP contribution is -2.30. The number of hydrogen-bond donors (Lipinski definition) is 0. The topological polar surface area (TPSA) is 36.9 Å². The standard InChI is InChI=1S/C8H14O4/c1-5-9-3-7(11-5)8-4-10-6(2)12-8/h5-8H,3-4H2,1-2H3/t5-,6-,7-,8-/m1/s1. The summed E-state index contributed by atoms with van der Waals surface area (Å²) >= 11 is 0. The molecule has 70 valence electrons. The van der Waals surface area contributed by atoms with Crippen molar-refractivity contribution >= 4 is 0 Å². The number of ether oxygens (including phenoxy) is 4. The van der Waals surface area contributed by atoms with E-state index in [0.717, 1.165) is 0 Å². The van der Waals surface area contributed by atoms with Crippen molar-refractivity contribution in [3.8, 4) is 0 Å². The zero-order valence-corrected chi connectivity index (χ0v) is 7.36. The van der Waals surface area contributed by atoms with Crippen LogP contribution in [0.15, 0.2) is 0 Å². The SMILES string of the molecule is C[C@@H]1OC[C@H]([C@H]2CO[C@@H](C)O2)O1. The van der Waals surface area contributed by atoms with Gasteiger partial charge in [0.25, 0.3) is 0 Å². The van der Waals surface area contributed by atoms with Crippen LogP contribution in [-0.4, -0.2) is 38.0 Å². The molecule has 0 aromatic carbocycles. The highest BCUT2D eigenvalue weighted by Gasteiger charge is 2.35. The van der Waals surface area contributed by atoms with Gasteiger partial charge >= 0.3 is 0 Å². The molecule has 0 aromatic rings. The summed E-state index contributed by atoms with van der Waals surface area (Å²) in [6.45, 7) is 5.00. The summed E-state index contributed by atoms with van der Waals surface area (Å²) in [5.74, 6) is 0. The highest BCUT2D eigenvalue weighted by Crippen LogP contribution is 2.21. The molecule has 0 unspecified atom stereocenters. The Balaban J connectivity index is 1.85. The summed E-state index contributed by atoms with van der Waals surface area (Å²) in [6.07, 6.45) is -0.112. The zero-order chi connectivity index (χ0) is 8.55. The highest BCUT2D eigenvalue weighted by molar-refractivity contribution is 4.77. The predicted octanol–water partition coefficient (Wildman–Crippen LogP) is 0.509. The van der Waals surface area contributed by atoms with Gasteiger partial charge in [-0.3, -0.25) is 0 Å². The Kier molecular flexibility index (Phi) is 2.32. The molecule has 0 aromatic heterocycles. The average molecular weight is 174 g/mol. The lowest BCUT2D eigenvalue weighted by molar-refractivity contribution is -0.0919. The van der Waals surface area contributed by atoms with Crippen molar-refractivity contribution in [1.82, 2.24) is 0 Å². The molecule has 2 rings (SSSR count). The molecule has 2 aliphatic heterocycles. The van der Waals surface area contributed by atoms with E-state index in [9.17, 15) is 0 Å². The lowest BCUT2D eigenvalue weighted by atomic mass is 10.2. The van der Waals surface area contributed by atoms with E-state index < -0.39 is 0 Å². The molecule has 4 atom stereocenters. The number of rotatable bonds is 1. The molecule has 0 radical (unpaired) electrons. The van der Waals surface area contributed by atoms with Gasteiger partial charge in [-0.05, 0) is 13.8 Å². The maximum Gasteiger partial charge on any atom is 0.155 e. The van der Waals surface area contributed by atoms with Crippen LogP contribution in [0.4, 0.5) is 0 Å². The lowest BCUT2D eigenvalue weighted by Gasteiger charge is -2.14. The third-order valence-electron chi connectivity index (χ3n) is 2.14. The molecule has 4 heteroatoms. The third-order valence-corrected chi connectivity index (χ3v) is 2.14. The van der Waals surface area contributed by atoms with Gasteiger partial charge in [0, 0.05) is 0 Å². The van der Waals surface area contributed by atoms with E-state index in [0.29, 0.717) is 13.2 Å². The molecular formula is C8H14O4. The second-order valence-corrected chi connectivity index (χ2v) is 3.15. The Hall–Kier alpha value is -0.160. The second-order valence-electron chi connectivity index (χ2n) is 3.15. The second kappa shape index (κ2) is 3.30. The van der Waals surface area contributed by atoms with Crippen molar-refractivity contribution in [2.75, 3.05) is 13.2 Å². The van der Waals surface area contributed by atoms with Gasteiger partial charge in [-0.15, -0.1) is 0 Å². The molecule has 2 aliphatic rings. The summed E-state index contributed by atoms with van der Waals surface area (Å²) in [7, 11) is 0. The number of hydrogen-bond acceptors (Lipinski definition) is 4. The van der Waals surface area contributed by atoms with Gasteiger partial charge in [0.05, 0.1) is 13.2 Å². The largest absolute Gasteiger partial charge is 0.350 e. The van der Waals surface area contributed by atoms with E-state index in [-0.39, 0.29) is 24.8 Å². The fourth-order valence-electron chi connectivity index (χ4n) is 1.50. The van der Waals surface area contributed by atoms with E-state index in [2.05, 4.69) is 0 Å². The Bertz CT molecular complexity index is 143. The van der Waals surface area contributed by atoms with Crippen LogP contribution in [0.25, 0.3) is 0 Å². The van der Waals surface area contributed by atoms with Crippen molar-refractivity contribution < 1.29 is 18.9 Å². The smallest absolute Gasteiger partial charge is 0.155 e. The van der Waals surface area contributed by atoms with E-state index >= 15 is 0 Å². The molecule has 4 nitrogen and oxygen atoms in total. The van der Waals surface area contributed by atoms with Crippen LogP contribution in [-0.2, 0) is 18.9 Å². The average Bonchev–Trinajstić information content (AvgIpc) is 2.58. The minimum absolute atomic E-state index is 0.0462. The van der Waals surface area contributed by atoms with Crippen molar-refractivity contribution in [2.45, 2.75) is 38.6 Å². The van der Waals surface area contributed by atoms with E-state index in [4.69, 9.17) is 18.9 Å². The van der Waals surface area contributed by atoms with Crippen LogP contribution < -0.4 is 0 Å². The molecule has 0 saturated carbocycles. The summed E-state index contributed by atoms with van der Waals surface area (Å²) in [5, 5.41) is 0. The van der Waals surface area contributed by atoms with Crippen molar-refractivity contribution in [3.63, 3.8) is 0 Å². The van der Waals surface area contributed by atoms with Gasteiger partial charge in [0.15, 0.2) is 12.6 Å². The molecule has 0 spiro atoms. The van der Waals surface area contributed by atoms with Gasteiger partial charge < -0.3 is 18.9 Å². The van der Waals surface area contributed by atoms with Gasteiger partial charge in [-0.25, -0.2) is 0 Å². The Morgan fingerprint density at radius 2 is 1.25 bits per heavy atom. The fourth-order valence-corrected chi connectivity index (χ4v) is 1.50. The summed E-state index contributed by atoms with van der Waals surface area (Å²) < 4.78 is 21.4. The fraction of sp³-hybridized carbons (Fsp3) is 1.00. The van der Waals surface area contributed by atoms with Crippen molar-refractivity contribution in [2.24, 2.45) is 0 Å². The molecule has 2 saturated heterocycles. The third kappa shape index (κ3) is 1.61. The van der Waals surface area contributed by atoms with Crippen LogP contribution in [0.2, 0.25) is 0 Å². The molecule has 2 fully saturated rings. The van der Waals surface area contributed by atoms with Crippen LogP contribution in [0, 0.1) is 0 Å². The van der Waals surface area contributed by atoms with Crippen LogP contribution >= 0.6 is 0 Å². The molecule has 0 bridgehead atoms. The minimum atomic E-state index is -0.102. The van der Waals surface area contributed by atoms with Gasteiger partial charge in [-0.1, -0.05) is 0 Å². The van der Waals surface area contributed by atoms with Gasteiger partial charge in [0.1, 0.15) is 12.2 Å².